The van der Waals surface area contributed by atoms with Crippen molar-refractivity contribution in [3.05, 3.63) is 0 Å². The van der Waals surface area contributed by atoms with Gasteiger partial charge >= 0.3 is 11.9 Å². The van der Waals surface area contributed by atoms with Gasteiger partial charge in [-0.2, -0.15) is 0 Å². The molecule has 0 aromatic rings. The third-order valence-electron chi connectivity index (χ3n) is 4.49. The summed E-state index contributed by atoms with van der Waals surface area (Å²) in [5, 5.41) is 0. The molecule has 0 aliphatic heterocycles. The molecule has 2 atom stereocenters. The van der Waals surface area contributed by atoms with Gasteiger partial charge in [-0.1, -0.05) is 66.2 Å². The molecule has 0 bridgehead atoms. The topological polar surface area (TPSA) is 52.6 Å². The molecular weight excluding hydrogens is 336 g/mol. The average molecular weight is 375 g/mol. The Balaban J connectivity index is 3.79. The molecule has 0 fully saturated rings. The highest BCUT2D eigenvalue weighted by atomic mass is 32.2. The van der Waals surface area contributed by atoms with Crippen molar-refractivity contribution in [3.8, 4) is 0 Å². The Labute approximate surface area is 158 Å². The van der Waals surface area contributed by atoms with Gasteiger partial charge in [-0.05, 0) is 24.7 Å². The van der Waals surface area contributed by atoms with Crippen LogP contribution in [0.25, 0.3) is 0 Å². The lowest BCUT2D eigenvalue weighted by Gasteiger charge is -2.15. The normalized spacial score (nSPS) is 13.3. The number of unbranched alkanes of at least 4 members (excludes halogenated alkanes) is 2. The molecule has 148 valence electrons. The second-order valence-electron chi connectivity index (χ2n) is 6.69. The molecule has 0 saturated carbocycles. The molecule has 25 heavy (non-hydrogen) atoms. The van der Waals surface area contributed by atoms with Crippen molar-refractivity contribution in [1.82, 2.24) is 0 Å². The zero-order chi connectivity index (χ0) is 18.9. The van der Waals surface area contributed by atoms with Gasteiger partial charge < -0.3 is 9.47 Å². The third kappa shape index (κ3) is 14.2. The molecule has 0 N–H and O–H groups in total. The highest BCUT2D eigenvalue weighted by molar-refractivity contribution is 8.00. The molecule has 0 aromatic carbocycles. The van der Waals surface area contributed by atoms with Gasteiger partial charge in [0.15, 0.2) is 0 Å². The Hall–Kier alpha value is -0.710. The molecule has 0 saturated heterocycles. The maximum Gasteiger partial charge on any atom is 0.315 e. The summed E-state index contributed by atoms with van der Waals surface area (Å²) in [6.45, 7) is 9.58. The van der Waals surface area contributed by atoms with E-state index in [-0.39, 0.29) is 23.4 Å². The van der Waals surface area contributed by atoms with Gasteiger partial charge in [-0.3, -0.25) is 9.59 Å². The van der Waals surface area contributed by atoms with E-state index in [1.54, 1.807) is 0 Å². The molecule has 0 radical (unpaired) electrons. The lowest BCUT2D eigenvalue weighted by Crippen LogP contribution is -2.18. The summed E-state index contributed by atoms with van der Waals surface area (Å²) in [7, 11) is 0. The fraction of sp³-hybridized carbons (Fsp3) is 0.900. The van der Waals surface area contributed by atoms with Gasteiger partial charge in [0.25, 0.3) is 0 Å². The highest BCUT2D eigenvalue weighted by Crippen LogP contribution is 2.15. The maximum absolute atomic E-state index is 11.8. The molecule has 0 spiro atoms. The van der Waals surface area contributed by atoms with E-state index in [4.69, 9.17) is 9.47 Å². The van der Waals surface area contributed by atoms with Gasteiger partial charge in [0, 0.05) is 0 Å². The zero-order valence-corrected chi connectivity index (χ0v) is 17.5. The van der Waals surface area contributed by atoms with Gasteiger partial charge in [0.2, 0.25) is 0 Å². The van der Waals surface area contributed by atoms with E-state index >= 15 is 0 Å². The molecule has 5 heteroatoms. The Morgan fingerprint density at radius 2 is 1.16 bits per heavy atom. The van der Waals surface area contributed by atoms with Crippen LogP contribution in [0.1, 0.15) is 79.1 Å². The van der Waals surface area contributed by atoms with E-state index in [1.807, 2.05) is 0 Å². The van der Waals surface area contributed by atoms with Crippen molar-refractivity contribution in [2.75, 3.05) is 24.7 Å². The smallest absolute Gasteiger partial charge is 0.315 e. The number of hydrogen-bond donors (Lipinski definition) is 0. The van der Waals surface area contributed by atoms with Gasteiger partial charge in [-0.15, -0.1) is 11.8 Å². The van der Waals surface area contributed by atoms with Crippen LogP contribution in [0.3, 0.4) is 0 Å². The minimum atomic E-state index is -0.234. The number of hydrogen-bond acceptors (Lipinski definition) is 5. The van der Waals surface area contributed by atoms with Gasteiger partial charge in [0.05, 0.1) is 24.7 Å². The van der Waals surface area contributed by atoms with Crippen molar-refractivity contribution in [3.63, 3.8) is 0 Å². The molecule has 0 amide bonds. The van der Waals surface area contributed by atoms with Gasteiger partial charge in [0.1, 0.15) is 0 Å². The van der Waals surface area contributed by atoms with Crippen LogP contribution >= 0.6 is 11.8 Å². The molecular formula is C20H38O4S. The van der Waals surface area contributed by atoms with E-state index in [9.17, 15) is 9.59 Å². The predicted molar refractivity (Wildman–Crippen MR) is 106 cm³/mol. The van der Waals surface area contributed by atoms with Crippen molar-refractivity contribution >= 4 is 23.7 Å². The number of carbonyl (C=O) groups excluding carboxylic acids is 2. The summed E-state index contributed by atoms with van der Waals surface area (Å²) >= 11 is 1.27. The van der Waals surface area contributed by atoms with E-state index in [0.717, 1.165) is 25.7 Å². The zero-order valence-electron chi connectivity index (χ0n) is 16.7. The van der Waals surface area contributed by atoms with Crippen molar-refractivity contribution in [2.24, 2.45) is 11.8 Å². The number of thioether (sulfide) groups is 1. The minimum Gasteiger partial charge on any atom is -0.465 e. The molecule has 4 nitrogen and oxygen atoms in total. The Morgan fingerprint density at radius 3 is 1.48 bits per heavy atom. The van der Waals surface area contributed by atoms with Gasteiger partial charge in [-0.25, -0.2) is 0 Å². The molecule has 0 aliphatic rings. The van der Waals surface area contributed by atoms with Crippen LogP contribution in [0, 0.1) is 11.8 Å². The summed E-state index contributed by atoms with van der Waals surface area (Å²) in [6, 6.07) is 0. The second-order valence-corrected chi connectivity index (χ2v) is 7.68. The monoisotopic (exact) mass is 374 g/mol. The second kappa shape index (κ2) is 16.7. The van der Waals surface area contributed by atoms with Crippen molar-refractivity contribution in [2.45, 2.75) is 79.1 Å². The summed E-state index contributed by atoms with van der Waals surface area (Å²) in [4.78, 5) is 23.5. The Morgan fingerprint density at radius 1 is 0.760 bits per heavy atom. The van der Waals surface area contributed by atoms with Crippen molar-refractivity contribution < 1.29 is 19.1 Å². The number of rotatable bonds is 16. The number of carbonyl (C=O) groups is 2. The summed E-state index contributed by atoms with van der Waals surface area (Å²) in [5.41, 5.74) is 0. The molecule has 0 heterocycles. The first-order valence-corrected chi connectivity index (χ1v) is 11.1. The lowest BCUT2D eigenvalue weighted by atomic mass is 10.0. The van der Waals surface area contributed by atoms with E-state index in [2.05, 4.69) is 27.7 Å². The van der Waals surface area contributed by atoms with E-state index in [0.29, 0.717) is 25.0 Å². The summed E-state index contributed by atoms with van der Waals surface area (Å²) < 4.78 is 10.6. The average Bonchev–Trinajstić information content (AvgIpc) is 2.62. The Kier molecular flexibility index (Phi) is 16.3. The fourth-order valence-corrected chi connectivity index (χ4v) is 3.12. The lowest BCUT2D eigenvalue weighted by molar-refractivity contribution is -0.142. The molecule has 0 unspecified atom stereocenters. The van der Waals surface area contributed by atoms with Crippen LogP contribution in [0.5, 0.6) is 0 Å². The van der Waals surface area contributed by atoms with Crippen LogP contribution in [0.2, 0.25) is 0 Å². The minimum absolute atomic E-state index is 0.215. The van der Waals surface area contributed by atoms with Crippen LogP contribution in [0.4, 0.5) is 0 Å². The van der Waals surface area contributed by atoms with Crippen LogP contribution in [-0.4, -0.2) is 36.7 Å². The highest BCUT2D eigenvalue weighted by Gasteiger charge is 2.13. The standard InChI is InChI=1S/C20H38O4S/c1-5-9-11-17(7-3)13-23-19(21)15-25-16-20(22)24-14-18(8-4)12-10-6-2/h17-18H,5-16H2,1-4H3/t17-,18-/m1/s1. The quantitative estimate of drug-likeness (QED) is 0.346. The number of esters is 2. The predicted octanol–water partition coefficient (Wildman–Crippen LogP) is 5.24. The first kappa shape index (κ1) is 24.3. The van der Waals surface area contributed by atoms with Crippen LogP contribution in [0.15, 0.2) is 0 Å². The summed E-state index contributed by atoms with van der Waals surface area (Å²) in [5.74, 6) is 0.865. The third-order valence-corrected chi connectivity index (χ3v) is 5.37. The first-order valence-electron chi connectivity index (χ1n) is 9.96. The van der Waals surface area contributed by atoms with Crippen LogP contribution in [-0.2, 0) is 19.1 Å². The van der Waals surface area contributed by atoms with E-state index < -0.39 is 0 Å². The fourth-order valence-electron chi connectivity index (χ4n) is 2.52. The van der Waals surface area contributed by atoms with Crippen LogP contribution < -0.4 is 0 Å². The van der Waals surface area contributed by atoms with Crippen molar-refractivity contribution in [1.29, 1.82) is 0 Å². The number of ether oxygens (including phenoxy) is 2. The van der Waals surface area contributed by atoms with E-state index in [1.165, 1.54) is 37.4 Å². The largest absolute Gasteiger partial charge is 0.465 e. The SMILES string of the molecule is CCCC[C@@H](CC)COC(=O)CSCC(=O)OC[C@H](CC)CCCC. The molecule has 0 rings (SSSR count). The molecule has 0 aliphatic carbocycles. The first-order chi connectivity index (χ1) is 12.1. The molecule has 0 aromatic heterocycles. The Bertz CT molecular complexity index is 315. The maximum atomic E-state index is 11.8. The summed E-state index contributed by atoms with van der Waals surface area (Å²) in [6.07, 6.45) is 8.96.